The van der Waals surface area contributed by atoms with Crippen LogP contribution in [0.3, 0.4) is 0 Å². The molecule has 2 saturated carbocycles. The Kier molecular flexibility index (Phi) is 8.16. The number of carboxylic acids is 1. The second-order valence-corrected chi connectivity index (χ2v) is 12.1. The molecule has 3 atom stereocenters. The molecule has 2 bridgehead atoms. The minimum atomic E-state index is -3.85. The monoisotopic (exact) mass is 506 g/mol. The fourth-order valence-electron chi connectivity index (χ4n) is 5.67. The van der Waals surface area contributed by atoms with Crippen LogP contribution in [-0.4, -0.2) is 50.4 Å². The normalized spacial score (nSPS) is 23.7. The lowest BCUT2D eigenvalue weighted by atomic mass is 9.69. The van der Waals surface area contributed by atoms with Crippen molar-refractivity contribution in [1.29, 1.82) is 0 Å². The summed E-state index contributed by atoms with van der Waals surface area (Å²) in [6, 6.07) is 5.75. The molecule has 0 spiro atoms. The van der Waals surface area contributed by atoms with Crippen LogP contribution in [0.15, 0.2) is 41.4 Å². The minimum Gasteiger partial charge on any atom is -0.494 e. The molecule has 2 aliphatic carbocycles. The van der Waals surface area contributed by atoms with Crippen LogP contribution in [-0.2, 0) is 21.2 Å². The Hall–Kier alpha value is -2.59. The van der Waals surface area contributed by atoms with Gasteiger partial charge in [-0.25, -0.2) is 13.1 Å². The SMILES string of the molecule is C=C1CC2CCC1(CS(=O)(=O)NC(Cc1ccc(OCCCCN=C(N)N)cc1)C(=O)O)C2(C)C. The summed E-state index contributed by atoms with van der Waals surface area (Å²) >= 11 is 0. The number of nitrogens with zero attached hydrogens (tertiary/aromatic N) is 1. The van der Waals surface area contributed by atoms with E-state index in [9.17, 15) is 18.3 Å². The second kappa shape index (κ2) is 10.6. The summed E-state index contributed by atoms with van der Waals surface area (Å²) < 4.78 is 34.4. The van der Waals surface area contributed by atoms with Crippen LogP contribution in [0, 0.1) is 16.7 Å². The first-order chi connectivity index (χ1) is 16.4. The number of allylic oxidation sites excluding steroid dienone is 1. The summed E-state index contributed by atoms with van der Waals surface area (Å²) in [6.45, 7) is 9.46. The first-order valence-electron chi connectivity index (χ1n) is 12.0. The lowest BCUT2D eigenvalue weighted by molar-refractivity contribution is -0.138. The fraction of sp³-hybridized carbons (Fsp3) is 0.600. The number of rotatable bonds is 13. The average Bonchev–Trinajstić information content (AvgIpc) is 3.10. The number of ether oxygens (including phenoxy) is 1. The number of hydrogen-bond acceptors (Lipinski definition) is 5. The molecule has 10 heteroatoms. The average molecular weight is 507 g/mol. The highest BCUT2D eigenvalue weighted by atomic mass is 32.2. The molecule has 1 aromatic carbocycles. The van der Waals surface area contributed by atoms with E-state index in [0.717, 1.165) is 37.7 Å². The zero-order chi connectivity index (χ0) is 25.9. The van der Waals surface area contributed by atoms with Gasteiger partial charge in [0.05, 0.1) is 12.4 Å². The Bertz CT molecular complexity index is 1060. The first kappa shape index (κ1) is 27.0. The molecular formula is C25H38N4O5S. The number of guanidine groups is 1. The lowest BCUT2D eigenvalue weighted by Crippen LogP contribution is -2.48. The van der Waals surface area contributed by atoms with Gasteiger partial charge in [0.1, 0.15) is 11.8 Å². The Labute approximate surface area is 208 Å². The van der Waals surface area contributed by atoms with Crippen molar-refractivity contribution in [1.82, 2.24) is 4.72 Å². The molecule has 0 aliphatic heterocycles. The number of nitrogens with one attached hydrogen (secondary N) is 1. The van der Waals surface area contributed by atoms with Crippen molar-refractivity contribution in [2.75, 3.05) is 18.9 Å². The van der Waals surface area contributed by atoms with Crippen LogP contribution in [0.1, 0.15) is 51.5 Å². The molecule has 0 heterocycles. The number of aliphatic imine (C=N–C) groups is 1. The molecule has 9 nitrogen and oxygen atoms in total. The van der Waals surface area contributed by atoms with E-state index in [1.807, 2.05) is 0 Å². The summed E-state index contributed by atoms with van der Waals surface area (Å²) in [4.78, 5) is 15.8. The molecule has 6 N–H and O–H groups in total. The highest BCUT2D eigenvalue weighted by molar-refractivity contribution is 7.89. The lowest BCUT2D eigenvalue weighted by Gasteiger charge is -2.39. The maximum absolute atomic E-state index is 13.1. The van der Waals surface area contributed by atoms with Gasteiger partial charge in [-0.3, -0.25) is 9.79 Å². The standard InChI is InChI=1S/C25H38N4O5S/c1-17-14-19-10-11-25(17,24(19,2)3)16-35(32,33)29-21(22(30)31)15-18-6-8-20(9-7-18)34-13-5-4-12-28-23(26)27/h6-9,19,21,29H,1,4-5,10-16H2,2-3H3,(H,30,31)(H4,26,27,28). The molecule has 2 fully saturated rings. The van der Waals surface area contributed by atoms with Gasteiger partial charge in [-0.1, -0.05) is 38.1 Å². The summed E-state index contributed by atoms with van der Waals surface area (Å²) in [5.41, 5.74) is 11.6. The van der Waals surface area contributed by atoms with Crippen molar-refractivity contribution >= 4 is 22.0 Å². The van der Waals surface area contributed by atoms with Crippen molar-refractivity contribution in [3.05, 3.63) is 42.0 Å². The van der Waals surface area contributed by atoms with Gasteiger partial charge in [0.2, 0.25) is 10.0 Å². The maximum atomic E-state index is 13.1. The molecule has 3 rings (SSSR count). The smallest absolute Gasteiger partial charge is 0.322 e. The summed E-state index contributed by atoms with van der Waals surface area (Å²) in [5, 5.41) is 9.72. The van der Waals surface area contributed by atoms with E-state index in [0.29, 0.717) is 30.4 Å². The Balaban J connectivity index is 1.57. The van der Waals surface area contributed by atoms with E-state index in [1.165, 1.54) is 0 Å². The van der Waals surface area contributed by atoms with Gasteiger partial charge in [-0.15, -0.1) is 0 Å². The van der Waals surface area contributed by atoms with Crippen LogP contribution in [0.5, 0.6) is 5.75 Å². The van der Waals surface area contributed by atoms with Crippen molar-refractivity contribution in [2.45, 2.75) is 58.4 Å². The summed E-state index contributed by atoms with van der Waals surface area (Å²) in [7, 11) is -3.85. The van der Waals surface area contributed by atoms with Crippen molar-refractivity contribution in [3.63, 3.8) is 0 Å². The Morgan fingerprint density at radius 3 is 2.51 bits per heavy atom. The predicted octanol–water partition coefficient (Wildman–Crippen LogP) is 2.42. The third kappa shape index (κ3) is 6.16. The van der Waals surface area contributed by atoms with Gasteiger partial charge < -0.3 is 21.3 Å². The highest BCUT2D eigenvalue weighted by Crippen LogP contribution is 2.68. The highest BCUT2D eigenvalue weighted by Gasteiger charge is 2.62. The molecule has 3 unspecified atom stereocenters. The topological polar surface area (TPSA) is 157 Å². The molecule has 0 amide bonds. The van der Waals surface area contributed by atoms with Crippen LogP contribution in [0.25, 0.3) is 0 Å². The van der Waals surface area contributed by atoms with E-state index in [4.69, 9.17) is 16.2 Å². The zero-order valence-corrected chi connectivity index (χ0v) is 21.4. The molecule has 35 heavy (non-hydrogen) atoms. The number of aliphatic carboxylic acids is 1. The van der Waals surface area contributed by atoms with Gasteiger partial charge in [-0.2, -0.15) is 0 Å². The van der Waals surface area contributed by atoms with Crippen molar-refractivity contribution in [3.8, 4) is 5.75 Å². The molecule has 194 valence electrons. The quantitative estimate of drug-likeness (QED) is 0.138. The fourth-order valence-corrected chi connectivity index (χ4v) is 7.74. The van der Waals surface area contributed by atoms with Gasteiger partial charge in [0, 0.05) is 12.0 Å². The van der Waals surface area contributed by atoms with Gasteiger partial charge in [0.15, 0.2) is 5.96 Å². The number of carbonyl (C=O) groups is 1. The van der Waals surface area contributed by atoms with Crippen LogP contribution < -0.4 is 20.9 Å². The number of fused-ring (bicyclic) bond motifs is 2. The number of nitrogens with two attached hydrogens (primary N) is 2. The number of unbranched alkanes of at least 4 members (excludes halogenated alkanes) is 1. The van der Waals surface area contributed by atoms with E-state index in [-0.39, 0.29) is 23.5 Å². The van der Waals surface area contributed by atoms with Crippen LogP contribution >= 0.6 is 0 Å². The maximum Gasteiger partial charge on any atom is 0.322 e. The molecule has 2 aliphatic rings. The molecule has 0 aromatic heterocycles. The third-order valence-corrected chi connectivity index (χ3v) is 9.39. The van der Waals surface area contributed by atoms with Crippen molar-refractivity contribution < 1.29 is 23.1 Å². The van der Waals surface area contributed by atoms with E-state index < -0.39 is 27.4 Å². The van der Waals surface area contributed by atoms with Gasteiger partial charge in [0.25, 0.3) is 0 Å². The first-order valence-corrected chi connectivity index (χ1v) is 13.7. The summed E-state index contributed by atoms with van der Waals surface area (Å²) in [5.74, 6) is -0.175. The molecule has 1 aromatic rings. The zero-order valence-electron chi connectivity index (χ0n) is 20.6. The number of hydrogen-bond donors (Lipinski definition) is 4. The largest absolute Gasteiger partial charge is 0.494 e. The van der Waals surface area contributed by atoms with E-state index in [2.05, 4.69) is 30.1 Å². The number of sulfonamides is 1. The molecular weight excluding hydrogens is 468 g/mol. The minimum absolute atomic E-state index is 0.0350. The van der Waals surface area contributed by atoms with Gasteiger partial charge >= 0.3 is 5.97 Å². The van der Waals surface area contributed by atoms with Crippen molar-refractivity contribution in [2.24, 2.45) is 33.2 Å². The van der Waals surface area contributed by atoms with Crippen LogP contribution in [0.4, 0.5) is 0 Å². The Morgan fingerprint density at radius 2 is 1.97 bits per heavy atom. The van der Waals surface area contributed by atoms with E-state index in [1.54, 1.807) is 24.3 Å². The predicted molar refractivity (Wildman–Crippen MR) is 137 cm³/mol. The van der Waals surface area contributed by atoms with Gasteiger partial charge in [-0.05, 0) is 67.6 Å². The third-order valence-electron chi connectivity index (χ3n) is 7.88. The molecule has 0 saturated heterocycles. The Morgan fingerprint density at radius 1 is 1.29 bits per heavy atom. The van der Waals surface area contributed by atoms with E-state index >= 15 is 0 Å². The molecule has 0 radical (unpaired) electrons. The summed E-state index contributed by atoms with van der Waals surface area (Å²) in [6.07, 6.45) is 4.21. The second-order valence-electron chi connectivity index (χ2n) is 10.3. The van der Waals surface area contributed by atoms with Crippen LogP contribution in [0.2, 0.25) is 0 Å². The number of carboxylic acid groups (broad SMARTS) is 1. The number of benzene rings is 1.